The van der Waals surface area contributed by atoms with Gasteiger partial charge in [-0.05, 0) is 78.9 Å². The average Bonchev–Trinajstić information content (AvgIpc) is 2.89. The summed E-state index contributed by atoms with van der Waals surface area (Å²) in [7, 11) is 0. The van der Waals surface area contributed by atoms with E-state index in [1.807, 2.05) is 85.8 Å². The van der Waals surface area contributed by atoms with Gasteiger partial charge in [0.2, 0.25) is 0 Å². The molecule has 34 heavy (non-hydrogen) atoms. The molecule has 2 N–H and O–H groups in total. The number of aliphatic hydroxyl groups is 1. The lowest BCUT2D eigenvalue weighted by molar-refractivity contribution is 0.168. The van der Waals surface area contributed by atoms with Crippen molar-refractivity contribution in [3.8, 4) is 11.5 Å². The van der Waals surface area contributed by atoms with Crippen LogP contribution in [0.3, 0.4) is 0 Å². The first kappa shape index (κ1) is 23.4. The predicted molar refractivity (Wildman–Crippen MR) is 138 cm³/mol. The molecular formula is C30H31NO3. The fraction of sp³-hybridized carbons (Fsp3) is 0.200. The van der Waals surface area contributed by atoms with Crippen molar-refractivity contribution in [2.75, 3.05) is 11.9 Å². The maximum atomic E-state index is 10.7. The van der Waals surface area contributed by atoms with Gasteiger partial charge in [-0.2, -0.15) is 0 Å². The predicted octanol–water partition coefficient (Wildman–Crippen LogP) is 7.07. The van der Waals surface area contributed by atoms with Gasteiger partial charge in [0.1, 0.15) is 18.1 Å². The Kier molecular flexibility index (Phi) is 8.20. The SMILES string of the molecule is CCOc1ccc(C(O)CCc2ccccc2Nc2ccc(OCc3ccccc3)cc2)cc1. The third-order valence-corrected chi connectivity index (χ3v) is 5.66. The van der Waals surface area contributed by atoms with Gasteiger partial charge in [-0.1, -0.05) is 60.7 Å². The largest absolute Gasteiger partial charge is 0.494 e. The van der Waals surface area contributed by atoms with E-state index in [0.717, 1.165) is 46.0 Å². The standard InChI is InChI=1S/C30H31NO3/c1-2-33-27-17-12-25(13-18-27)30(32)21-14-24-10-6-7-11-29(24)31-26-15-19-28(20-16-26)34-22-23-8-4-3-5-9-23/h3-13,15-20,30-32H,2,14,21-22H2,1H3. The highest BCUT2D eigenvalue weighted by Gasteiger charge is 2.10. The van der Waals surface area contributed by atoms with Crippen molar-refractivity contribution in [2.45, 2.75) is 32.5 Å². The molecule has 0 amide bonds. The van der Waals surface area contributed by atoms with Crippen molar-refractivity contribution in [3.05, 3.63) is 120 Å². The fourth-order valence-electron chi connectivity index (χ4n) is 3.80. The molecule has 0 radical (unpaired) electrons. The minimum absolute atomic E-state index is 0.523. The first-order valence-electron chi connectivity index (χ1n) is 11.7. The topological polar surface area (TPSA) is 50.7 Å². The second-order valence-corrected chi connectivity index (χ2v) is 8.14. The van der Waals surface area contributed by atoms with Gasteiger partial charge in [0, 0.05) is 11.4 Å². The normalized spacial score (nSPS) is 11.6. The molecule has 4 rings (SSSR count). The molecule has 0 bridgehead atoms. The highest BCUT2D eigenvalue weighted by Crippen LogP contribution is 2.27. The van der Waals surface area contributed by atoms with Crippen LogP contribution in [-0.2, 0) is 13.0 Å². The summed E-state index contributed by atoms with van der Waals surface area (Å²) in [6.07, 6.45) is 0.874. The van der Waals surface area contributed by atoms with E-state index in [-0.39, 0.29) is 0 Å². The number of anilines is 2. The molecular weight excluding hydrogens is 422 g/mol. The molecule has 0 aromatic heterocycles. The zero-order valence-corrected chi connectivity index (χ0v) is 19.5. The number of aliphatic hydroxyl groups excluding tert-OH is 1. The average molecular weight is 454 g/mol. The number of benzene rings is 4. The van der Waals surface area contributed by atoms with Crippen LogP contribution in [0.1, 0.15) is 36.1 Å². The Labute approximate surface area is 201 Å². The van der Waals surface area contributed by atoms with Crippen molar-refractivity contribution in [2.24, 2.45) is 0 Å². The summed E-state index contributed by atoms with van der Waals surface area (Å²) in [4.78, 5) is 0. The molecule has 0 heterocycles. The molecule has 4 heteroatoms. The maximum absolute atomic E-state index is 10.7. The molecule has 0 saturated heterocycles. The number of nitrogens with one attached hydrogen (secondary N) is 1. The Balaban J connectivity index is 1.33. The first-order valence-corrected chi connectivity index (χ1v) is 11.7. The van der Waals surface area contributed by atoms with Crippen molar-refractivity contribution < 1.29 is 14.6 Å². The van der Waals surface area contributed by atoms with E-state index in [9.17, 15) is 5.11 Å². The molecule has 0 aliphatic heterocycles. The molecule has 0 aliphatic rings. The van der Waals surface area contributed by atoms with Crippen molar-refractivity contribution in [1.29, 1.82) is 0 Å². The number of para-hydroxylation sites is 1. The molecule has 174 valence electrons. The lowest BCUT2D eigenvalue weighted by Gasteiger charge is -2.15. The lowest BCUT2D eigenvalue weighted by atomic mass is 10.00. The van der Waals surface area contributed by atoms with Crippen LogP contribution in [0.15, 0.2) is 103 Å². The summed E-state index contributed by atoms with van der Waals surface area (Å²) >= 11 is 0. The van der Waals surface area contributed by atoms with Gasteiger partial charge >= 0.3 is 0 Å². The van der Waals surface area contributed by atoms with Crippen LogP contribution in [0, 0.1) is 0 Å². The van der Waals surface area contributed by atoms with Crippen LogP contribution in [0.5, 0.6) is 11.5 Å². The Hall–Kier alpha value is -3.76. The van der Waals surface area contributed by atoms with Crippen LogP contribution in [0.25, 0.3) is 0 Å². The monoisotopic (exact) mass is 453 g/mol. The Morgan fingerprint density at radius 3 is 2.12 bits per heavy atom. The van der Waals surface area contributed by atoms with Crippen molar-refractivity contribution in [3.63, 3.8) is 0 Å². The molecule has 1 atom stereocenters. The summed E-state index contributed by atoms with van der Waals surface area (Å²) in [6.45, 7) is 3.14. The number of hydrogen-bond donors (Lipinski definition) is 2. The van der Waals surface area contributed by atoms with Gasteiger partial charge in [-0.15, -0.1) is 0 Å². The van der Waals surface area contributed by atoms with E-state index in [1.54, 1.807) is 0 Å². The third-order valence-electron chi connectivity index (χ3n) is 5.66. The highest BCUT2D eigenvalue weighted by molar-refractivity contribution is 5.63. The Bertz CT molecular complexity index is 1140. The van der Waals surface area contributed by atoms with Gasteiger partial charge in [0.15, 0.2) is 0 Å². The number of rotatable bonds is 11. The van der Waals surface area contributed by atoms with Gasteiger partial charge in [0.25, 0.3) is 0 Å². The van der Waals surface area contributed by atoms with Crippen LogP contribution < -0.4 is 14.8 Å². The van der Waals surface area contributed by atoms with E-state index in [1.165, 1.54) is 0 Å². The molecule has 4 nitrogen and oxygen atoms in total. The van der Waals surface area contributed by atoms with Crippen LogP contribution in [0.4, 0.5) is 11.4 Å². The van der Waals surface area contributed by atoms with Crippen molar-refractivity contribution in [1.82, 2.24) is 0 Å². The third kappa shape index (κ3) is 6.63. The zero-order chi connectivity index (χ0) is 23.6. The maximum Gasteiger partial charge on any atom is 0.119 e. The first-order chi connectivity index (χ1) is 16.7. The summed E-state index contributed by atoms with van der Waals surface area (Å²) < 4.78 is 11.4. The number of hydrogen-bond acceptors (Lipinski definition) is 4. The minimum Gasteiger partial charge on any atom is -0.494 e. The van der Waals surface area contributed by atoms with Crippen molar-refractivity contribution >= 4 is 11.4 Å². The summed E-state index contributed by atoms with van der Waals surface area (Å²) in [5, 5.41) is 14.2. The number of aryl methyl sites for hydroxylation is 1. The second-order valence-electron chi connectivity index (χ2n) is 8.14. The minimum atomic E-state index is -0.523. The summed E-state index contributed by atoms with van der Waals surface area (Å²) in [6, 6.07) is 34.0. The lowest BCUT2D eigenvalue weighted by Crippen LogP contribution is -2.02. The summed E-state index contributed by atoms with van der Waals surface area (Å²) in [5.41, 5.74) is 5.24. The Morgan fingerprint density at radius 1 is 0.735 bits per heavy atom. The van der Waals surface area contributed by atoms with Gasteiger partial charge in [-0.25, -0.2) is 0 Å². The van der Waals surface area contributed by atoms with E-state index in [0.29, 0.717) is 19.6 Å². The molecule has 1 unspecified atom stereocenters. The van der Waals surface area contributed by atoms with Gasteiger partial charge in [-0.3, -0.25) is 0 Å². The summed E-state index contributed by atoms with van der Waals surface area (Å²) in [5.74, 6) is 1.66. The van der Waals surface area contributed by atoms with Crippen LogP contribution in [-0.4, -0.2) is 11.7 Å². The van der Waals surface area contributed by atoms with Gasteiger partial charge in [0.05, 0.1) is 12.7 Å². The second kappa shape index (κ2) is 11.9. The Morgan fingerprint density at radius 2 is 1.38 bits per heavy atom. The molecule has 0 saturated carbocycles. The highest BCUT2D eigenvalue weighted by atomic mass is 16.5. The zero-order valence-electron chi connectivity index (χ0n) is 19.5. The molecule has 0 aliphatic carbocycles. The fourth-order valence-corrected chi connectivity index (χ4v) is 3.80. The molecule has 0 spiro atoms. The number of ether oxygens (including phenoxy) is 2. The van der Waals surface area contributed by atoms with E-state index in [2.05, 4.69) is 29.6 Å². The quantitative estimate of drug-likeness (QED) is 0.255. The molecule has 0 fully saturated rings. The molecule has 4 aromatic carbocycles. The van der Waals surface area contributed by atoms with Crippen LogP contribution >= 0.6 is 0 Å². The van der Waals surface area contributed by atoms with Crippen LogP contribution in [0.2, 0.25) is 0 Å². The molecule has 4 aromatic rings. The van der Waals surface area contributed by atoms with E-state index in [4.69, 9.17) is 9.47 Å². The van der Waals surface area contributed by atoms with E-state index < -0.39 is 6.10 Å². The van der Waals surface area contributed by atoms with Gasteiger partial charge < -0.3 is 19.9 Å². The smallest absolute Gasteiger partial charge is 0.119 e. The van der Waals surface area contributed by atoms with E-state index >= 15 is 0 Å².